The minimum absolute atomic E-state index is 0. The van der Waals surface area contributed by atoms with E-state index in [1.807, 2.05) is 19.2 Å². The Balaban J connectivity index is 0.00000261. The summed E-state index contributed by atoms with van der Waals surface area (Å²) in [5, 5.41) is 6.98. The van der Waals surface area contributed by atoms with Crippen LogP contribution in [0.2, 0.25) is 0 Å². The first-order chi connectivity index (χ1) is 12.7. The van der Waals surface area contributed by atoms with E-state index in [0.717, 1.165) is 17.3 Å². The summed E-state index contributed by atoms with van der Waals surface area (Å²) in [6.45, 7) is 8.63. The Labute approximate surface area is 179 Å². The molecule has 150 valence electrons. The van der Waals surface area contributed by atoms with Gasteiger partial charge in [0.25, 0.3) is 0 Å². The number of aromatic nitrogens is 2. The van der Waals surface area contributed by atoms with Crippen LogP contribution in [0.1, 0.15) is 44.0 Å². The van der Waals surface area contributed by atoms with Gasteiger partial charge in [0.1, 0.15) is 5.65 Å². The van der Waals surface area contributed by atoms with Gasteiger partial charge in [0.05, 0.1) is 12.2 Å². The molecule has 1 aliphatic heterocycles. The number of rotatable bonds is 6. The number of unbranched alkanes of at least 4 members (excludes halogenated alkanes) is 1. The predicted molar refractivity (Wildman–Crippen MR) is 123 cm³/mol. The van der Waals surface area contributed by atoms with Crippen LogP contribution in [0.5, 0.6) is 0 Å². The molecule has 0 radical (unpaired) electrons. The van der Waals surface area contributed by atoms with Crippen LogP contribution < -0.4 is 10.6 Å². The first-order valence-corrected chi connectivity index (χ1v) is 9.82. The smallest absolute Gasteiger partial charge is 0.191 e. The summed E-state index contributed by atoms with van der Waals surface area (Å²) >= 11 is 0. The molecule has 2 aromatic rings. The molecule has 0 aromatic carbocycles. The summed E-state index contributed by atoms with van der Waals surface area (Å²) in [4.78, 5) is 11.6. The molecule has 3 rings (SSSR count). The number of hydrogen-bond acceptors (Lipinski definition) is 3. The summed E-state index contributed by atoms with van der Waals surface area (Å²) in [6, 6.07) is 6.68. The van der Waals surface area contributed by atoms with Crippen LogP contribution in [0.25, 0.3) is 5.65 Å². The molecule has 0 saturated carbocycles. The standard InChI is InChI=1S/C20H32N6.HI/c1-4-5-11-25-12-9-17(10-13-25)24-20(21-3)22-14-18-15-26-16(2)7-6-8-19(26)23-18;/h6-8,15,17H,4-5,9-14H2,1-3H3,(H2,21,22,24);1H. The maximum absolute atomic E-state index is 4.68. The highest BCUT2D eigenvalue weighted by atomic mass is 127. The summed E-state index contributed by atoms with van der Waals surface area (Å²) in [5.41, 5.74) is 3.21. The van der Waals surface area contributed by atoms with E-state index in [4.69, 9.17) is 0 Å². The SMILES string of the molecule is CCCCN1CCC(NC(=NC)NCc2cn3c(C)cccc3n2)CC1.I. The Hall–Kier alpha value is -1.35. The van der Waals surface area contributed by atoms with E-state index in [1.165, 1.54) is 51.0 Å². The van der Waals surface area contributed by atoms with E-state index >= 15 is 0 Å². The fourth-order valence-electron chi connectivity index (χ4n) is 3.53. The van der Waals surface area contributed by atoms with Crippen molar-refractivity contribution in [3.05, 3.63) is 35.8 Å². The zero-order valence-corrected chi connectivity index (χ0v) is 19.1. The van der Waals surface area contributed by atoms with Crippen molar-refractivity contribution in [2.45, 2.75) is 52.1 Å². The Morgan fingerprint density at radius 2 is 2.07 bits per heavy atom. The van der Waals surface area contributed by atoms with Gasteiger partial charge in [-0.15, -0.1) is 24.0 Å². The van der Waals surface area contributed by atoms with Gasteiger partial charge in [0.2, 0.25) is 0 Å². The fourth-order valence-corrected chi connectivity index (χ4v) is 3.53. The monoisotopic (exact) mass is 484 g/mol. The maximum Gasteiger partial charge on any atom is 0.191 e. The van der Waals surface area contributed by atoms with E-state index in [0.29, 0.717) is 12.6 Å². The molecular formula is C20H33IN6. The van der Waals surface area contributed by atoms with Crippen LogP contribution in [-0.2, 0) is 6.54 Å². The van der Waals surface area contributed by atoms with Gasteiger partial charge in [-0.05, 0) is 44.9 Å². The molecule has 7 heteroatoms. The molecule has 6 nitrogen and oxygen atoms in total. The molecule has 2 N–H and O–H groups in total. The van der Waals surface area contributed by atoms with Crippen LogP contribution >= 0.6 is 24.0 Å². The second-order valence-corrected chi connectivity index (χ2v) is 7.17. The first kappa shape index (κ1) is 21.9. The van der Waals surface area contributed by atoms with Crippen molar-refractivity contribution >= 4 is 35.6 Å². The van der Waals surface area contributed by atoms with Gasteiger partial charge in [0.15, 0.2) is 5.96 Å². The number of nitrogens with one attached hydrogen (secondary N) is 2. The normalized spacial score (nSPS) is 16.3. The Morgan fingerprint density at radius 1 is 1.30 bits per heavy atom. The highest BCUT2D eigenvalue weighted by Crippen LogP contribution is 2.11. The van der Waals surface area contributed by atoms with Crippen molar-refractivity contribution in [1.82, 2.24) is 24.9 Å². The lowest BCUT2D eigenvalue weighted by Gasteiger charge is -2.33. The number of piperidine rings is 1. The third-order valence-electron chi connectivity index (χ3n) is 5.16. The topological polar surface area (TPSA) is 57.0 Å². The van der Waals surface area contributed by atoms with Crippen molar-refractivity contribution in [2.24, 2.45) is 4.99 Å². The van der Waals surface area contributed by atoms with E-state index < -0.39 is 0 Å². The third-order valence-corrected chi connectivity index (χ3v) is 5.16. The number of aryl methyl sites for hydroxylation is 1. The molecule has 2 aromatic heterocycles. The molecule has 0 atom stereocenters. The number of pyridine rings is 1. The summed E-state index contributed by atoms with van der Waals surface area (Å²) in [6.07, 6.45) is 7.03. The number of guanidine groups is 1. The van der Waals surface area contributed by atoms with Crippen LogP contribution in [-0.4, -0.2) is 53.0 Å². The second kappa shape index (κ2) is 10.8. The number of hydrogen-bond donors (Lipinski definition) is 2. The largest absolute Gasteiger partial charge is 0.354 e. The Morgan fingerprint density at radius 3 is 2.74 bits per heavy atom. The molecule has 0 aliphatic carbocycles. The van der Waals surface area contributed by atoms with Crippen molar-refractivity contribution in [3.8, 4) is 0 Å². The molecule has 27 heavy (non-hydrogen) atoms. The molecule has 0 unspecified atom stereocenters. The predicted octanol–water partition coefficient (Wildman–Crippen LogP) is 3.19. The zero-order chi connectivity index (χ0) is 18.4. The van der Waals surface area contributed by atoms with Gasteiger partial charge in [-0.1, -0.05) is 19.4 Å². The number of nitrogens with zero attached hydrogens (tertiary/aromatic N) is 4. The summed E-state index contributed by atoms with van der Waals surface area (Å²) in [5.74, 6) is 0.866. The van der Waals surface area contributed by atoms with Gasteiger partial charge in [-0.2, -0.15) is 0 Å². The lowest BCUT2D eigenvalue weighted by atomic mass is 10.0. The third kappa shape index (κ3) is 6.07. The van der Waals surface area contributed by atoms with Gasteiger partial charge in [-0.3, -0.25) is 4.99 Å². The quantitative estimate of drug-likeness (QED) is 0.376. The maximum atomic E-state index is 4.68. The van der Waals surface area contributed by atoms with E-state index in [9.17, 15) is 0 Å². The van der Waals surface area contributed by atoms with Crippen molar-refractivity contribution in [1.29, 1.82) is 0 Å². The second-order valence-electron chi connectivity index (χ2n) is 7.17. The molecular weight excluding hydrogens is 451 g/mol. The average Bonchev–Trinajstić information content (AvgIpc) is 3.09. The lowest BCUT2D eigenvalue weighted by molar-refractivity contribution is 0.203. The summed E-state index contributed by atoms with van der Waals surface area (Å²) in [7, 11) is 1.83. The average molecular weight is 484 g/mol. The Kier molecular flexibility index (Phi) is 8.82. The molecule has 3 heterocycles. The van der Waals surface area contributed by atoms with Gasteiger partial charge < -0.3 is 19.9 Å². The zero-order valence-electron chi connectivity index (χ0n) is 16.7. The van der Waals surface area contributed by atoms with Crippen LogP contribution in [0.4, 0.5) is 0 Å². The minimum Gasteiger partial charge on any atom is -0.354 e. The van der Waals surface area contributed by atoms with Crippen molar-refractivity contribution in [2.75, 3.05) is 26.7 Å². The summed E-state index contributed by atoms with van der Waals surface area (Å²) < 4.78 is 2.12. The van der Waals surface area contributed by atoms with Crippen LogP contribution in [0, 0.1) is 6.92 Å². The van der Waals surface area contributed by atoms with E-state index in [-0.39, 0.29) is 24.0 Å². The number of fused-ring (bicyclic) bond motifs is 1. The number of likely N-dealkylation sites (tertiary alicyclic amines) is 1. The van der Waals surface area contributed by atoms with Gasteiger partial charge in [-0.25, -0.2) is 4.98 Å². The molecule has 0 spiro atoms. The number of imidazole rings is 1. The highest BCUT2D eigenvalue weighted by molar-refractivity contribution is 14.0. The van der Waals surface area contributed by atoms with Crippen LogP contribution in [0.3, 0.4) is 0 Å². The van der Waals surface area contributed by atoms with Gasteiger partial charge in [0, 0.05) is 38.1 Å². The first-order valence-electron chi connectivity index (χ1n) is 9.82. The Bertz CT molecular complexity index is 733. The van der Waals surface area contributed by atoms with Crippen molar-refractivity contribution < 1.29 is 0 Å². The van der Waals surface area contributed by atoms with Crippen molar-refractivity contribution in [3.63, 3.8) is 0 Å². The molecule has 1 fully saturated rings. The minimum atomic E-state index is 0. The highest BCUT2D eigenvalue weighted by Gasteiger charge is 2.19. The van der Waals surface area contributed by atoms with E-state index in [2.05, 4.69) is 56.0 Å². The number of halogens is 1. The van der Waals surface area contributed by atoms with E-state index in [1.54, 1.807) is 0 Å². The lowest BCUT2D eigenvalue weighted by Crippen LogP contribution is -2.48. The molecule has 0 amide bonds. The molecule has 0 bridgehead atoms. The van der Waals surface area contributed by atoms with Crippen LogP contribution in [0.15, 0.2) is 29.4 Å². The fraction of sp³-hybridized carbons (Fsp3) is 0.600. The number of aliphatic imine (C=N–C) groups is 1. The molecule has 1 aliphatic rings. The molecule has 1 saturated heterocycles. The van der Waals surface area contributed by atoms with Gasteiger partial charge >= 0.3 is 0 Å².